The number of aromatic amines is 1. The van der Waals surface area contributed by atoms with Gasteiger partial charge < -0.3 is 15.6 Å². The summed E-state index contributed by atoms with van der Waals surface area (Å²) in [4.78, 5) is 41.8. The number of hydrogen-bond acceptors (Lipinski definition) is 4. The first-order chi connectivity index (χ1) is 11.9. The second kappa shape index (κ2) is 8.05. The largest absolute Gasteiger partial charge is 0.334 e. The zero-order valence-electron chi connectivity index (χ0n) is 15.0. The predicted octanol–water partition coefficient (Wildman–Crippen LogP) is 1.47. The molecule has 0 aliphatic carbocycles. The number of carbonyl (C=O) groups is 1. The van der Waals surface area contributed by atoms with E-state index in [0.29, 0.717) is 29.6 Å². The fourth-order valence-electron chi connectivity index (χ4n) is 3.60. The zero-order chi connectivity index (χ0) is 18.1. The number of amides is 1. The molecule has 1 aromatic carbocycles. The molecule has 3 rings (SSSR count). The molecule has 1 aliphatic heterocycles. The molecule has 26 heavy (non-hydrogen) atoms. The van der Waals surface area contributed by atoms with Crippen LogP contribution in [0.2, 0.25) is 0 Å². The Kier molecular flexibility index (Phi) is 6.26. The molecule has 3 N–H and O–H groups in total. The summed E-state index contributed by atoms with van der Waals surface area (Å²) in [5, 5.41) is 0.403. The van der Waals surface area contributed by atoms with Crippen molar-refractivity contribution in [3.8, 4) is 0 Å². The fraction of sp³-hybridized carbons (Fsp3) is 0.500. The van der Waals surface area contributed by atoms with Crippen molar-refractivity contribution < 1.29 is 4.79 Å². The lowest BCUT2D eigenvalue weighted by molar-refractivity contribution is 0.0584. The van der Waals surface area contributed by atoms with Gasteiger partial charge in [-0.15, -0.1) is 12.4 Å². The molecule has 2 heterocycles. The Bertz CT molecular complexity index is 919. The summed E-state index contributed by atoms with van der Waals surface area (Å²) in [5.74, 6) is -0.107. The lowest BCUT2D eigenvalue weighted by Gasteiger charge is -2.38. The van der Waals surface area contributed by atoms with Crippen LogP contribution in [0.4, 0.5) is 0 Å². The number of nitrogens with one attached hydrogen (secondary N) is 1. The highest BCUT2D eigenvalue weighted by Gasteiger charge is 2.30. The lowest BCUT2D eigenvalue weighted by atomic mass is 9.96. The summed E-state index contributed by atoms with van der Waals surface area (Å²) >= 11 is 0. The van der Waals surface area contributed by atoms with Gasteiger partial charge in [0.05, 0.1) is 10.9 Å². The van der Waals surface area contributed by atoms with Crippen molar-refractivity contribution >= 4 is 29.2 Å². The molecule has 1 aromatic heterocycles. The van der Waals surface area contributed by atoms with Crippen LogP contribution in [-0.4, -0.2) is 39.0 Å². The molecule has 0 saturated carbocycles. The number of rotatable bonds is 3. The molecular weight excluding hydrogens is 356 g/mol. The molecule has 0 bridgehead atoms. The van der Waals surface area contributed by atoms with E-state index in [1.54, 1.807) is 25.1 Å². The number of nitrogens with zero attached hydrogens (tertiary/aromatic N) is 2. The lowest BCUT2D eigenvalue weighted by Crippen LogP contribution is -2.51. The van der Waals surface area contributed by atoms with Gasteiger partial charge in [0.1, 0.15) is 0 Å². The van der Waals surface area contributed by atoms with Crippen LogP contribution in [0.1, 0.15) is 43.5 Å². The minimum Gasteiger partial charge on any atom is -0.334 e. The van der Waals surface area contributed by atoms with Crippen LogP contribution in [0.25, 0.3) is 10.9 Å². The molecule has 8 heteroatoms. The normalized spacial score (nSPS) is 18.4. The Morgan fingerprint density at radius 2 is 2.08 bits per heavy atom. The van der Waals surface area contributed by atoms with Gasteiger partial charge in [0.2, 0.25) is 0 Å². The van der Waals surface area contributed by atoms with Gasteiger partial charge in [-0.3, -0.25) is 14.2 Å². The highest BCUT2D eigenvalue weighted by Crippen LogP contribution is 2.22. The molecule has 1 fully saturated rings. The minimum atomic E-state index is -0.462. The van der Waals surface area contributed by atoms with E-state index in [1.807, 2.05) is 11.8 Å². The smallest absolute Gasteiger partial charge is 0.328 e. The second-order valence-electron chi connectivity index (χ2n) is 6.66. The summed E-state index contributed by atoms with van der Waals surface area (Å²) in [5.41, 5.74) is 6.10. The third-order valence-corrected chi connectivity index (χ3v) is 4.96. The molecule has 2 unspecified atom stereocenters. The van der Waals surface area contributed by atoms with Crippen LogP contribution >= 0.6 is 12.4 Å². The van der Waals surface area contributed by atoms with Gasteiger partial charge in [-0.05, 0) is 51.3 Å². The van der Waals surface area contributed by atoms with E-state index in [0.717, 1.165) is 23.8 Å². The van der Waals surface area contributed by atoms with Crippen LogP contribution in [-0.2, 0) is 6.54 Å². The number of halogens is 1. The Morgan fingerprint density at radius 3 is 2.73 bits per heavy atom. The molecular formula is C18H25ClN4O3. The van der Waals surface area contributed by atoms with E-state index in [1.165, 1.54) is 0 Å². The average molecular weight is 381 g/mol. The van der Waals surface area contributed by atoms with E-state index in [-0.39, 0.29) is 36.0 Å². The van der Waals surface area contributed by atoms with Gasteiger partial charge in [0.25, 0.3) is 11.5 Å². The maximum atomic E-state index is 12.9. The topological polar surface area (TPSA) is 101 Å². The van der Waals surface area contributed by atoms with Crippen LogP contribution in [0.5, 0.6) is 0 Å². The van der Waals surface area contributed by atoms with Crippen molar-refractivity contribution in [3.63, 3.8) is 0 Å². The standard InChI is InChI=1S/C18H24N4O3.ClH/c1-3-21-17(24)13-8-7-12(10-14(13)20-18(21)25)16(23)22-9-5-4-6-15(22)11(2)19;/h7-8,10-11,15H,3-6,9,19H2,1-2H3,(H,20,25);1H. The molecule has 142 valence electrons. The monoisotopic (exact) mass is 380 g/mol. The van der Waals surface area contributed by atoms with Gasteiger partial charge in [-0.1, -0.05) is 0 Å². The Morgan fingerprint density at radius 1 is 1.35 bits per heavy atom. The van der Waals surface area contributed by atoms with E-state index >= 15 is 0 Å². The maximum Gasteiger partial charge on any atom is 0.328 e. The number of hydrogen-bond donors (Lipinski definition) is 2. The number of nitrogens with two attached hydrogens (primary N) is 1. The number of fused-ring (bicyclic) bond motifs is 1. The summed E-state index contributed by atoms with van der Waals surface area (Å²) < 4.78 is 1.14. The highest BCUT2D eigenvalue weighted by molar-refractivity contribution is 5.97. The third kappa shape index (κ3) is 3.54. The first kappa shape index (κ1) is 20.2. The number of carbonyl (C=O) groups excluding carboxylic acids is 1. The van der Waals surface area contributed by atoms with E-state index in [2.05, 4.69) is 4.98 Å². The van der Waals surface area contributed by atoms with E-state index in [9.17, 15) is 14.4 Å². The molecule has 2 atom stereocenters. The molecule has 0 radical (unpaired) electrons. The Labute approximate surface area is 157 Å². The summed E-state index contributed by atoms with van der Waals surface area (Å²) in [7, 11) is 0. The highest BCUT2D eigenvalue weighted by atomic mass is 35.5. The van der Waals surface area contributed by atoms with Gasteiger partial charge in [0, 0.05) is 30.7 Å². The molecule has 1 saturated heterocycles. The van der Waals surface area contributed by atoms with Crippen molar-refractivity contribution in [1.29, 1.82) is 0 Å². The Balaban J connectivity index is 0.00000243. The molecule has 1 amide bonds. The fourth-order valence-corrected chi connectivity index (χ4v) is 3.60. The van der Waals surface area contributed by atoms with Crippen molar-refractivity contribution in [2.45, 2.75) is 51.7 Å². The maximum absolute atomic E-state index is 12.9. The quantitative estimate of drug-likeness (QED) is 0.841. The summed E-state index contributed by atoms with van der Waals surface area (Å²) in [6.07, 6.45) is 2.92. The minimum absolute atomic E-state index is 0. The van der Waals surface area contributed by atoms with Crippen molar-refractivity contribution in [3.05, 3.63) is 44.6 Å². The van der Waals surface area contributed by atoms with Crippen molar-refractivity contribution in [2.75, 3.05) is 6.54 Å². The number of piperidine rings is 1. The molecule has 2 aromatic rings. The first-order valence-electron chi connectivity index (χ1n) is 8.77. The van der Waals surface area contributed by atoms with E-state index < -0.39 is 5.69 Å². The van der Waals surface area contributed by atoms with Gasteiger partial charge in [-0.2, -0.15) is 0 Å². The van der Waals surface area contributed by atoms with Crippen LogP contribution in [0.15, 0.2) is 27.8 Å². The van der Waals surface area contributed by atoms with Gasteiger partial charge >= 0.3 is 5.69 Å². The van der Waals surface area contributed by atoms with Crippen LogP contribution < -0.4 is 17.0 Å². The van der Waals surface area contributed by atoms with E-state index in [4.69, 9.17) is 5.73 Å². The Hall–Kier alpha value is -2.12. The number of H-pyrrole nitrogens is 1. The molecule has 7 nitrogen and oxygen atoms in total. The van der Waals surface area contributed by atoms with Gasteiger partial charge in [0.15, 0.2) is 0 Å². The molecule has 1 aliphatic rings. The first-order valence-corrected chi connectivity index (χ1v) is 8.77. The number of benzene rings is 1. The molecule has 0 spiro atoms. The van der Waals surface area contributed by atoms with Crippen molar-refractivity contribution in [1.82, 2.24) is 14.5 Å². The number of aromatic nitrogens is 2. The zero-order valence-corrected chi connectivity index (χ0v) is 15.8. The van der Waals surface area contributed by atoms with Crippen LogP contribution in [0, 0.1) is 0 Å². The third-order valence-electron chi connectivity index (χ3n) is 4.96. The average Bonchev–Trinajstić information content (AvgIpc) is 2.61. The van der Waals surface area contributed by atoms with Crippen LogP contribution in [0.3, 0.4) is 0 Å². The van der Waals surface area contributed by atoms with Crippen molar-refractivity contribution in [2.24, 2.45) is 5.73 Å². The number of likely N-dealkylation sites (tertiary alicyclic amines) is 1. The second-order valence-corrected chi connectivity index (χ2v) is 6.66. The predicted molar refractivity (Wildman–Crippen MR) is 104 cm³/mol. The van der Waals surface area contributed by atoms with Gasteiger partial charge in [-0.25, -0.2) is 4.79 Å². The summed E-state index contributed by atoms with van der Waals surface area (Å²) in [6, 6.07) is 4.77. The SMILES string of the molecule is CCn1c(=O)[nH]c2cc(C(=O)N3CCCCC3C(C)N)ccc2c1=O.Cl. The summed E-state index contributed by atoms with van der Waals surface area (Å²) in [6.45, 7) is 4.64.